The lowest BCUT2D eigenvalue weighted by Crippen LogP contribution is -2.07. The van der Waals surface area contributed by atoms with Gasteiger partial charge in [0.05, 0.1) is 32.9 Å². The number of rotatable bonds is 11. The first-order valence-electron chi connectivity index (χ1n) is 9.28. The Balaban J connectivity index is 1.72. The highest BCUT2D eigenvalue weighted by atomic mass is 127. The summed E-state index contributed by atoms with van der Waals surface area (Å²) in [6, 6.07) is 11.8. The van der Waals surface area contributed by atoms with Gasteiger partial charge < -0.3 is 14.2 Å². The van der Waals surface area contributed by atoms with Gasteiger partial charge in [0.2, 0.25) is 0 Å². The lowest BCUT2D eigenvalue weighted by molar-refractivity contribution is -0.140. The van der Waals surface area contributed by atoms with Crippen molar-refractivity contribution < 1.29 is 19.0 Å². The van der Waals surface area contributed by atoms with Crippen LogP contribution in [0.2, 0.25) is 0 Å². The van der Waals surface area contributed by atoms with E-state index in [0.29, 0.717) is 19.4 Å². The molecule has 0 spiro atoms. The zero-order valence-corrected chi connectivity index (χ0v) is 18.5. The maximum absolute atomic E-state index is 11.4. The first-order chi connectivity index (χ1) is 13.6. The van der Waals surface area contributed by atoms with Crippen LogP contribution in [0.3, 0.4) is 0 Å². The van der Waals surface area contributed by atoms with E-state index in [-0.39, 0.29) is 5.97 Å². The van der Waals surface area contributed by atoms with E-state index in [0.717, 1.165) is 45.7 Å². The third-order valence-electron chi connectivity index (χ3n) is 4.14. The molecule has 0 unspecified atom stereocenters. The summed E-state index contributed by atoms with van der Waals surface area (Å²) in [6.07, 6.45) is 8.11. The van der Waals surface area contributed by atoms with E-state index in [9.17, 15) is 4.79 Å². The predicted molar refractivity (Wildman–Crippen MR) is 119 cm³/mol. The standard InChI is InChI=1S/C22H26INO4/c1-26-18-10-8-17(9-11-18)7-5-3-4-6-16-28-20-13-14-21(23)24-19(20)12-15-22(25)27-2/h5,7-11,13-14H,3-4,6,12,15-16H2,1-2H3/b7-5+. The monoisotopic (exact) mass is 495 g/mol. The summed E-state index contributed by atoms with van der Waals surface area (Å²) in [4.78, 5) is 15.9. The van der Waals surface area contributed by atoms with Crippen molar-refractivity contribution in [1.29, 1.82) is 0 Å². The van der Waals surface area contributed by atoms with E-state index in [1.165, 1.54) is 7.11 Å². The van der Waals surface area contributed by atoms with Gasteiger partial charge in [-0.25, -0.2) is 4.98 Å². The van der Waals surface area contributed by atoms with Gasteiger partial charge in [-0.15, -0.1) is 0 Å². The topological polar surface area (TPSA) is 57.7 Å². The number of hydrogen-bond donors (Lipinski definition) is 0. The quantitative estimate of drug-likeness (QED) is 0.189. The van der Waals surface area contributed by atoms with Gasteiger partial charge in [0, 0.05) is 6.42 Å². The molecule has 2 rings (SSSR count). The molecular weight excluding hydrogens is 469 g/mol. The molecule has 6 heteroatoms. The number of allylic oxidation sites excluding steroid dienone is 1. The van der Waals surface area contributed by atoms with E-state index in [1.54, 1.807) is 7.11 Å². The maximum atomic E-state index is 11.4. The lowest BCUT2D eigenvalue weighted by Gasteiger charge is -2.10. The molecule has 1 aromatic carbocycles. The minimum atomic E-state index is -0.241. The minimum Gasteiger partial charge on any atom is -0.497 e. The third kappa shape index (κ3) is 7.88. The van der Waals surface area contributed by atoms with Crippen molar-refractivity contribution in [3.05, 3.63) is 57.4 Å². The molecule has 0 aliphatic heterocycles. The summed E-state index contributed by atoms with van der Waals surface area (Å²) < 4.78 is 16.6. The molecule has 0 bridgehead atoms. The molecule has 0 saturated carbocycles. The molecule has 1 heterocycles. The molecule has 0 atom stereocenters. The first-order valence-corrected chi connectivity index (χ1v) is 10.4. The number of benzene rings is 1. The molecule has 0 radical (unpaired) electrons. The van der Waals surface area contributed by atoms with Crippen molar-refractivity contribution >= 4 is 34.6 Å². The number of aromatic nitrogens is 1. The Bertz CT molecular complexity index is 775. The van der Waals surface area contributed by atoms with Crippen LogP contribution in [-0.2, 0) is 16.0 Å². The van der Waals surface area contributed by atoms with E-state index >= 15 is 0 Å². The van der Waals surface area contributed by atoms with Crippen LogP contribution in [-0.4, -0.2) is 31.8 Å². The molecule has 0 aliphatic carbocycles. The fourth-order valence-electron chi connectivity index (χ4n) is 2.58. The average Bonchev–Trinajstić information content (AvgIpc) is 2.72. The highest BCUT2D eigenvalue weighted by Gasteiger charge is 2.09. The van der Waals surface area contributed by atoms with Gasteiger partial charge in [0.15, 0.2) is 0 Å². The van der Waals surface area contributed by atoms with Crippen molar-refractivity contribution in [3.63, 3.8) is 0 Å². The third-order valence-corrected chi connectivity index (χ3v) is 4.74. The number of pyridine rings is 1. The van der Waals surface area contributed by atoms with Crippen LogP contribution in [0.25, 0.3) is 6.08 Å². The Hall–Kier alpha value is -2.09. The van der Waals surface area contributed by atoms with Gasteiger partial charge in [-0.1, -0.05) is 24.3 Å². The number of unbranched alkanes of at least 4 members (excludes halogenated alkanes) is 2. The Labute approximate surface area is 180 Å². The number of carbonyl (C=O) groups is 1. The van der Waals surface area contributed by atoms with Gasteiger partial charge in [-0.3, -0.25) is 4.79 Å². The molecule has 0 amide bonds. The number of nitrogens with zero attached hydrogens (tertiary/aromatic N) is 1. The molecule has 0 fully saturated rings. The molecule has 150 valence electrons. The van der Waals surface area contributed by atoms with Gasteiger partial charge in [-0.2, -0.15) is 0 Å². The van der Waals surface area contributed by atoms with Gasteiger partial charge >= 0.3 is 5.97 Å². The maximum Gasteiger partial charge on any atom is 0.305 e. The van der Waals surface area contributed by atoms with Crippen molar-refractivity contribution in [2.45, 2.75) is 32.1 Å². The fourth-order valence-corrected chi connectivity index (χ4v) is 3.05. The normalized spacial score (nSPS) is 10.8. The van der Waals surface area contributed by atoms with Crippen LogP contribution in [0.4, 0.5) is 0 Å². The van der Waals surface area contributed by atoms with Crippen LogP contribution in [0.1, 0.15) is 36.9 Å². The van der Waals surface area contributed by atoms with Gasteiger partial charge in [0.1, 0.15) is 15.2 Å². The van der Waals surface area contributed by atoms with E-state index in [1.807, 2.05) is 36.4 Å². The summed E-state index contributed by atoms with van der Waals surface area (Å²) in [5.41, 5.74) is 1.97. The Morgan fingerprint density at radius 2 is 1.89 bits per heavy atom. The van der Waals surface area contributed by atoms with Crippen LogP contribution >= 0.6 is 22.6 Å². The van der Waals surface area contributed by atoms with E-state index in [2.05, 4.69) is 39.7 Å². The van der Waals surface area contributed by atoms with Crippen LogP contribution in [0.5, 0.6) is 11.5 Å². The second-order valence-corrected chi connectivity index (χ2v) is 7.28. The fraction of sp³-hybridized carbons (Fsp3) is 0.364. The lowest BCUT2D eigenvalue weighted by atomic mass is 10.1. The van der Waals surface area contributed by atoms with Crippen LogP contribution in [0.15, 0.2) is 42.5 Å². The van der Waals surface area contributed by atoms with Crippen molar-refractivity contribution in [2.75, 3.05) is 20.8 Å². The SMILES string of the molecule is COC(=O)CCc1nc(I)ccc1OCCCC/C=C/c1ccc(OC)cc1. The number of halogens is 1. The molecule has 2 aromatic rings. The highest BCUT2D eigenvalue weighted by molar-refractivity contribution is 14.1. The molecular formula is C22H26INO4. The molecule has 0 saturated heterocycles. The summed E-state index contributed by atoms with van der Waals surface area (Å²) in [5.74, 6) is 1.37. The molecule has 5 nitrogen and oxygen atoms in total. The zero-order chi connectivity index (χ0) is 20.2. The van der Waals surface area contributed by atoms with Crippen molar-refractivity contribution in [2.24, 2.45) is 0 Å². The summed E-state index contributed by atoms with van der Waals surface area (Å²) in [6.45, 7) is 0.629. The number of carbonyl (C=O) groups excluding carboxylic acids is 1. The number of ether oxygens (including phenoxy) is 3. The highest BCUT2D eigenvalue weighted by Crippen LogP contribution is 2.20. The second-order valence-electron chi connectivity index (χ2n) is 6.17. The number of esters is 1. The minimum absolute atomic E-state index is 0.241. The zero-order valence-electron chi connectivity index (χ0n) is 16.3. The number of hydrogen-bond acceptors (Lipinski definition) is 5. The van der Waals surface area contributed by atoms with Crippen molar-refractivity contribution in [1.82, 2.24) is 4.98 Å². The van der Waals surface area contributed by atoms with Crippen LogP contribution in [0, 0.1) is 3.70 Å². The molecule has 0 N–H and O–H groups in total. The first kappa shape index (κ1) is 22.2. The second kappa shape index (κ2) is 12.4. The Morgan fingerprint density at radius 3 is 2.61 bits per heavy atom. The smallest absolute Gasteiger partial charge is 0.305 e. The number of aryl methyl sites for hydroxylation is 1. The van der Waals surface area contributed by atoms with Gasteiger partial charge in [-0.05, 0) is 71.7 Å². The Kier molecular flexibility index (Phi) is 9.82. The number of methoxy groups -OCH3 is 2. The van der Waals surface area contributed by atoms with Crippen LogP contribution < -0.4 is 9.47 Å². The van der Waals surface area contributed by atoms with Crippen molar-refractivity contribution in [3.8, 4) is 11.5 Å². The molecule has 1 aromatic heterocycles. The molecule has 28 heavy (non-hydrogen) atoms. The largest absolute Gasteiger partial charge is 0.497 e. The summed E-state index contributed by atoms with van der Waals surface area (Å²) >= 11 is 2.16. The summed E-state index contributed by atoms with van der Waals surface area (Å²) in [5, 5.41) is 0. The summed E-state index contributed by atoms with van der Waals surface area (Å²) in [7, 11) is 3.06. The average molecular weight is 495 g/mol. The predicted octanol–water partition coefficient (Wildman–Crippen LogP) is 5.06. The van der Waals surface area contributed by atoms with E-state index < -0.39 is 0 Å². The van der Waals surface area contributed by atoms with Gasteiger partial charge in [0.25, 0.3) is 0 Å². The van der Waals surface area contributed by atoms with E-state index in [4.69, 9.17) is 14.2 Å². The molecule has 0 aliphatic rings. The Morgan fingerprint density at radius 1 is 1.11 bits per heavy atom.